The summed E-state index contributed by atoms with van der Waals surface area (Å²) in [5.74, 6) is -1.23. The molecule has 0 aromatic carbocycles. The Hall–Kier alpha value is -1.69. The first kappa shape index (κ1) is 18.1. The summed E-state index contributed by atoms with van der Waals surface area (Å²) in [6.07, 6.45) is -4.64. The molecule has 25 heavy (non-hydrogen) atoms. The summed E-state index contributed by atoms with van der Waals surface area (Å²) in [6.45, 7) is 1.73. The lowest BCUT2D eigenvalue weighted by atomic mass is 10.3. The van der Waals surface area contributed by atoms with Gasteiger partial charge in [0.1, 0.15) is 5.69 Å². The SMILES string of the molecule is Cc1sc(-c2cc(C(F)(F)F)on2)cc1S(=O)(=O)NCc1cccs1. The zero-order valence-corrected chi connectivity index (χ0v) is 15.1. The van der Waals surface area contributed by atoms with E-state index in [1.54, 1.807) is 13.0 Å². The maximum atomic E-state index is 12.6. The number of hydrogen-bond donors (Lipinski definition) is 1. The van der Waals surface area contributed by atoms with Crippen LogP contribution in [-0.2, 0) is 22.7 Å². The summed E-state index contributed by atoms with van der Waals surface area (Å²) in [5.41, 5.74) is -0.0554. The normalized spacial score (nSPS) is 12.6. The molecule has 0 spiro atoms. The van der Waals surface area contributed by atoms with Gasteiger partial charge in [0.2, 0.25) is 15.8 Å². The zero-order chi connectivity index (χ0) is 18.2. The van der Waals surface area contributed by atoms with E-state index in [0.29, 0.717) is 4.88 Å². The van der Waals surface area contributed by atoms with Crippen molar-refractivity contribution in [3.63, 3.8) is 0 Å². The molecule has 1 N–H and O–H groups in total. The number of aryl methyl sites for hydroxylation is 1. The predicted octanol–water partition coefficient (Wildman–Crippen LogP) is 4.27. The van der Waals surface area contributed by atoms with Gasteiger partial charge in [-0.05, 0) is 24.4 Å². The van der Waals surface area contributed by atoms with E-state index in [1.165, 1.54) is 17.4 Å². The van der Waals surface area contributed by atoms with Crippen molar-refractivity contribution in [2.75, 3.05) is 0 Å². The monoisotopic (exact) mass is 408 g/mol. The Morgan fingerprint density at radius 2 is 2.08 bits per heavy atom. The van der Waals surface area contributed by atoms with Gasteiger partial charge in [0.05, 0.1) is 9.77 Å². The van der Waals surface area contributed by atoms with Crippen molar-refractivity contribution < 1.29 is 26.1 Å². The fourth-order valence-corrected chi connectivity index (χ4v) is 5.32. The Morgan fingerprint density at radius 1 is 1.32 bits per heavy atom. The van der Waals surface area contributed by atoms with E-state index in [9.17, 15) is 21.6 Å². The molecule has 5 nitrogen and oxygen atoms in total. The minimum absolute atomic E-state index is 0.0145. The molecule has 11 heteroatoms. The highest BCUT2D eigenvalue weighted by molar-refractivity contribution is 7.89. The van der Waals surface area contributed by atoms with Crippen LogP contribution in [0.3, 0.4) is 0 Å². The molecule has 0 amide bonds. The molecule has 0 atom stereocenters. The van der Waals surface area contributed by atoms with E-state index in [4.69, 9.17) is 0 Å². The van der Waals surface area contributed by atoms with Gasteiger partial charge in [-0.3, -0.25) is 0 Å². The number of aromatic nitrogens is 1. The maximum absolute atomic E-state index is 12.6. The van der Waals surface area contributed by atoms with Gasteiger partial charge in [0, 0.05) is 22.4 Å². The van der Waals surface area contributed by atoms with Crippen LogP contribution in [0, 0.1) is 6.92 Å². The Morgan fingerprint density at radius 3 is 2.68 bits per heavy atom. The minimum atomic E-state index is -4.64. The van der Waals surface area contributed by atoms with Crippen molar-refractivity contribution in [2.45, 2.75) is 24.5 Å². The van der Waals surface area contributed by atoms with Crippen LogP contribution < -0.4 is 4.72 Å². The minimum Gasteiger partial charge on any atom is -0.351 e. The number of halogens is 3. The highest BCUT2D eigenvalue weighted by Crippen LogP contribution is 2.36. The van der Waals surface area contributed by atoms with Crippen LogP contribution in [0.15, 0.2) is 39.1 Å². The van der Waals surface area contributed by atoms with E-state index < -0.39 is 22.0 Å². The molecule has 0 bridgehead atoms. The third-order valence-corrected chi connectivity index (χ3v) is 6.83. The van der Waals surface area contributed by atoms with E-state index in [1.807, 2.05) is 11.4 Å². The Labute approximate surface area is 149 Å². The van der Waals surface area contributed by atoms with Gasteiger partial charge >= 0.3 is 6.18 Å². The first-order valence-electron chi connectivity index (χ1n) is 6.83. The smallest absolute Gasteiger partial charge is 0.351 e. The molecule has 3 rings (SSSR count). The topological polar surface area (TPSA) is 72.2 Å². The number of nitrogens with zero attached hydrogens (tertiary/aromatic N) is 1. The lowest BCUT2D eigenvalue weighted by molar-refractivity contribution is -0.155. The summed E-state index contributed by atoms with van der Waals surface area (Å²) in [4.78, 5) is 1.60. The average Bonchev–Trinajstić information content (AvgIpc) is 3.24. The van der Waals surface area contributed by atoms with Gasteiger partial charge in [-0.25, -0.2) is 13.1 Å². The molecule has 0 aliphatic carbocycles. The highest BCUT2D eigenvalue weighted by Gasteiger charge is 2.36. The number of alkyl halides is 3. The molecule has 3 aromatic rings. The summed E-state index contributed by atoms with van der Waals surface area (Å²) < 4.78 is 69.4. The number of sulfonamides is 1. The highest BCUT2D eigenvalue weighted by atomic mass is 32.2. The molecule has 0 saturated carbocycles. The standard InChI is InChI=1S/C14H11F3N2O3S3/c1-8-12(25(20,21)18-7-9-3-2-4-23-9)6-11(24-8)10-5-13(22-19-10)14(15,16)17/h2-6,18H,7H2,1H3. The summed E-state index contributed by atoms with van der Waals surface area (Å²) in [5, 5.41) is 5.21. The number of thiophene rings is 2. The van der Waals surface area contributed by atoms with Crippen LogP contribution in [-0.4, -0.2) is 13.6 Å². The molecule has 0 aliphatic heterocycles. The van der Waals surface area contributed by atoms with Gasteiger partial charge in [0.15, 0.2) is 0 Å². The summed E-state index contributed by atoms with van der Waals surface area (Å²) >= 11 is 2.45. The van der Waals surface area contributed by atoms with Crippen molar-refractivity contribution in [3.05, 3.63) is 45.2 Å². The molecule has 0 radical (unpaired) electrons. The molecule has 3 aromatic heterocycles. The predicted molar refractivity (Wildman–Crippen MR) is 87.9 cm³/mol. The second-order valence-corrected chi connectivity index (χ2v) is 9.03. The van der Waals surface area contributed by atoms with Crippen LogP contribution in [0.2, 0.25) is 0 Å². The van der Waals surface area contributed by atoms with E-state index in [-0.39, 0.29) is 22.0 Å². The lowest BCUT2D eigenvalue weighted by Crippen LogP contribution is -2.22. The van der Waals surface area contributed by atoms with Gasteiger partial charge in [-0.15, -0.1) is 22.7 Å². The van der Waals surface area contributed by atoms with E-state index in [2.05, 4.69) is 14.4 Å². The maximum Gasteiger partial charge on any atom is 0.452 e. The molecule has 0 fully saturated rings. The van der Waals surface area contributed by atoms with Crippen molar-refractivity contribution in [3.8, 4) is 10.6 Å². The van der Waals surface area contributed by atoms with Gasteiger partial charge in [0.25, 0.3) is 0 Å². The van der Waals surface area contributed by atoms with Gasteiger partial charge in [-0.2, -0.15) is 13.2 Å². The number of nitrogens with one attached hydrogen (secondary N) is 1. The Kier molecular flexibility index (Phi) is 4.75. The first-order valence-corrected chi connectivity index (χ1v) is 10.0. The van der Waals surface area contributed by atoms with E-state index >= 15 is 0 Å². The molecular weight excluding hydrogens is 397 g/mol. The van der Waals surface area contributed by atoms with Crippen molar-refractivity contribution in [1.29, 1.82) is 0 Å². The number of hydrogen-bond acceptors (Lipinski definition) is 6. The average molecular weight is 408 g/mol. The third kappa shape index (κ3) is 3.94. The van der Waals surface area contributed by atoms with Gasteiger partial charge in [-0.1, -0.05) is 11.2 Å². The Balaban J connectivity index is 1.85. The summed E-state index contributed by atoms with van der Waals surface area (Å²) in [6, 6.07) is 5.66. The second kappa shape index (κ2) is 6.56. The zero-order valence-electron chi connectivity index (χ0n) is 12.6. The molecular formula is C14H11F3N2O3S3. The Bertz CT molecular complexity index is 973. The quantitative estimate of drug-likeness (QED) is 0.684. The van der Waals surface area contributed by atoms with Crippen molar-refractivity contribution in [2.24, 2.45) is 0 Å². The third-order valence-electron chi connectivity index (χ3n) is 3.22. The second-order valence-electron chi connectivity index (χ2n) is 5.01. The molecule has 0 aliphatic rings. The fraction of sp³-hybridized carbons (Fsp3) is 0.214. The fourth-order valence-electron chi connectivity index (χ4n) is 2.04. The first-order chi connectivity index (χ1) is 11.7. The van der Waals surface area contributed by atoms with E-state index in [0.717, 1.165) is 22.3 Å². The number of rotatable bonds is 5. The van der Waals surface area contributed by atoms with Crippen LogP contribution in [0.4, 0.5) is 13.2 Å². The molecule has 0 unspecified atom stereocenters. The summed E-state index contributed by atoms with van der Waals surface area (Å²) in [7, 11) is -3.79. The van der Waals surface area contributed by atoms with Crippen molar-refractivity contribution >= 4 is 32.7 Å². The largest absolute Gasteiger partial charge is 0.452 e. The molecule has 134 valence electrons. The lowest BCUT2D eigenvalue weighted by Gasteiger charge is -2.04. The van der Waals surface area contributed by atoms with Crippen molar-refractivity contribution in [1.82, 2.24) is 9.88 Å². The van der Waals surface area contributed by atoms with Crippen LogP contribution in [0.25, 0.3) is 10.6 Å². The molecule has 0 saturated heterocycles. The van der Waals surface area contributed by atoms with Crippen LogP contribution in [0.1, 0.15) is 15.5 Å². The van der Waals surface area contributed by atoms with Crippen LogP contribution in [0.5, 0.6) is 0 Å². The van der Waals surface area contributed by atoms with Crippen LogP contribution >= 0.6 is 22.7 Å². The molecule has 3 heterocycles. The van der Waals surface area contributed by atoms with Gasteiger partial charge < -0.3 is 4.52 Å².